The number of ketones is 1. The fourth-order valence-electron chi connectivity index (χ4n) is 3.32. The number of Topliss-reactive ketones (excluding diaryl/α,β-unsaturated/α-hetero) is 1. The summed E-state index contributed by atoms with van der Waals surface area (Å²) in [4.78, 5) is 17.2. The molecule has 1 atom stereocenters. The first-order chi connectivity index (χ1) is 9.72. The van der Waals surface area contributed by atoms with Crippen LogP contribution in [0.5, 0.6) is 0 Å². The highest BCUT2D eigenvalue weighted by molar-refractivity contribution is 5.86. The predicted octanol–water partition coefficient (Wildman–Crippen LogP) is 2.57. The molecule has 2 rings (SSSR count). The number of nitrogens with zero attached hydrogens (tertiary/aromatic N) is 2. The lowest BCUT2D eigenvalue weighted by Gasteiger charge is -2.36. The van der Waals surface area contributed by atoms with Crippen LogP contribution in [-0.2, 0) is 17.8 Å². The Balaban J connectivity index is 2.09. The van der Waals surface area contributed by atoms with Crippen molar-refractivity contribution in [3.8, 4) is 0 Å². The summed E-state index contributed by atoms with van der Waals surface area (Å²) in [6.45, 7) is 7.15. The largest absolute Gasteiger partial charge is 0.335 e. The summed E-state index contributed by atoms with van der Waals surface area (Å²) in [5.74, 6) is 1.30. The summed E-state index contributed by atoms with van der Waals surface area (Å²) >= 11 is 0. The van der Waals surface area contributed by atoms with Gasteiger partial charge in [0.05, 0.1) is 6.42 Å². The van der Waals surface area contributed by atoms with Crippen LogP contribution in [0.4, 0.5) is 0 Å². The molecule has 0 saturated carbocycles. The van der Waals surface area contributed by atoms with E-state index in [1.54, 1.807) is 0 Å². The van der Waals surface area contributed by atoms with Crippen molar-refractivity contribution in [2.75, 3.05) is 13.1 Å². The Labute approximate surface area is 122 Å². The maximum atomic E-state index is 12.8. The van der Waals surface area contributed by atoms with E-state index in [0.717, 1.165) is 57.6 Å². The Bertz CT molecular complexity index is 427. The number of hydrogen-bond donors (Lipinski definition) is 1. The zero-order valence-electron chi connectivity index (χ0n) is 12.8. The molecule has 0 spiro atoms. The highest BCUT2D eigenvalue weighted by Gasteiger charge is 2.38. The van der Waals surface area contributed by atoms with E-state index in [9.17, 15) is 4.79 Å². The molecule has 1 N–H and O–H groups in total. The van der Waals surface area contributed by atoms with Gasteiger partial charge in [-0.05, 0) is 32.2 Å². The first-order valence-corrected chi connectivity index (χ1v) is 7.96. The molecule has 1 saturated heterocycles. The van der Waals surface area contributed by atoms with Gasteiger partial charge in [0.15, 0.2) is 0 Å². The lowest BCUT2D eigenvalue weighted by atomic mass is 9.72. The van der Waals surface area contributed by atoms with E-state index in [-0.39, 0.29) is 5.41 Å². The van der Waals surface area contributed by atoms with Crippen molar-refractivity contribution in [1.29, 1.82) is 0 Å². The Hall–Kier alpha value is -1.16. The molecule has 0 bridgehead atoms. The van der Waals surface area contributed by atoms with E-state index < -0.39 is 0 Å². The van der Waals surface area contributed by atoms with Gasteiger partial charge in [-0.15, -0.1) is 0 Å². The fourth-order valence-corrected chi connectivity index (χ4v) is 3.32. The van der Waals surface area contributed by atoms with Crippen LogP contribution in [0.25, 0.3) is 0 Å². The van der Waals surface area contributed by atoms with Crippen LogP contribution in [0.1, 0.15) is 51.8 Å². The average Bonchev–Trinajstić information content (AvgIpc) is 2.88. The summed E-state index contributed by atoms with van der Waals surface area (Å²) in [5, 5.41) is 3.41. The van der Waals surface area contributed by atoms with E-state index in [2.05, 4.69) is 28.7 Å². The third-order valence-electron chi connectivity index (χ3n) is 4.38. The molecule has 1 fully saturated rings. The van der Waals surface area contributed by atoms with Crippen LogP contribution in [0.15, 0.2) is 12.4 Å². The number of nitrogens with one attached hydrogen (secondary N) is 1. The molecule has 0 aliphatic carbocycles. The second-order valence-electron chi connectivity index (χ2n) is 5.95. The van der Waals surface area contributed by atoms with Crippen molar-refractivity contribution < 1.29 is 4.79 Å². The van der Waals surface area contributed by atoms with Crippen molar-refractivity contribution in [3.05, 3.63) is 18.2 Å². The zero-order chi connectivity index (χ0) is 14.4. The molecule has 2 heterocycles. The van der Waals surface area contributed by atoms with Gasteiger partial charge in [0, 0.05) is 30.9 Å². The second-order valence-corrected chi connectivity index (χ2v) is 5.95. The molecule has 1 aliphatic heterocycles. The summed E-state index contributed by atoms with van der Waals surface area (Å²) < 4.78 is 2.12. The summed E-state index contributed by atoms with van der Waals surface area (Å²) in [6.07, 6.45) is 9.54. The smallest absolute Gasteiger partial charge is 0.147 e. The van der Waals surface area contributed by atoms with Gasteiger partial charge in [-0.3, -0.25) is 4.79 Å². The average molecular weight is 277 g/mol. The number of carbonyl (C=O) groups is 1. The number of carbonyl (C=O) groups excluding carboxylic acids is 1. The van der Waals surface area contributed by atoms with Gasteiger partial charge in [0.1, 0.15) is 11.6 Å². The van der Waals surface area contributed by atoms with Gasteiger partial charge < -0.3 is 9.88 Å². The van der Waals surface area contributed by atoms with Crippen LogP contribution >= 0.6 is 0 Å². The third-order valence-corrected chi connectivity index (χ3v) is 4.38. The molecule has 4 nitrogen and oxygen atoms in total. The predicted molar refractivity (Wildman–Crippen MR) is 80.7 cm³/mol. The first kappa shape index (κ1) is 15.2. The number of imidazole rings is 1. The number of rotatable bonds is 7. The molecule has 112 valence electrons. The summed E-state index contributed by atoms with van der Waals surface area (Å²) in [7, 11) is 0. The van der Waals surface area contributed by atoms with E-state index in [0.29, 0.717) is 12.2 Å². The highest BCUT2D eigenvalue weighted by Crippen LogP contribution is 2.33. The lowest BCUT2D eigenvalue weighted by molar-refractivity contribution is -0.129. The Kier molecular flexibility index (Phi) is 5.35. The molecule has 0 amide bonds. The molecule has 4 heteroatoms. The number of hydrogen-bond acceptors (Lipinski definition) is 3. The Morgan fingerprint density at radius 2 is 2.30 bits per heavy atom. The topological polar surface area (TPSA) is 46.9 Å². The standard InChI is InChI=1S/C16H27N3O/c1-3-6-16(7-5-8-17-13-16)14(20)12-15-18-9-11-19(15)10-4-2/h9,11,17H,3-8,10,12-13H2,1-2H3. The van der Waals surface area contributed by atoms with Gasteiger partial charge in [0.2, 0.25) is 0 Å². The maximum Gasteiger partial charge on any atom is 0.147 e. The summed E-state index contributed by atoms with van der Waals surface area (Å²) in [5.41, 5.74) is -0.157. The van der Waals surface area contributed by atoms with E-state index in [4.69, 9.17) is 0 Å². The minimum atomic E-state index is -0.157. The molecule has 1 aliphatic rings. The second kappa shape index (κ2) is 7.02. The van der Waals surface area contributed by atoms with E-state index >= 15 is 0 Å². The third kappa shape index (κ3) is 3.29. The number of aryl methyl sites for hydroxylation is 1. The highest BCUT2D eigenvalue weighted by atomic mass is 16.1. The van der Waals surface area contributed by atoms with Crippen molar-refractivity contribution >= 4 is 5.78 Å². The molecule has 0 radical (unpaired) electrons. The van der Waals surface area contributed by atoms with Crippen LogP contribution in [0.2, 0.25) is 0 Å². The molecular formula is C16H27N3O. The fraction of sp³-hybridized carbons (Fsp3) is 0.750. The monoisotopic (exact) mass is 277 g/mol. The summed E-state index contributed by atoms with van der Waals surface area (Å²) in [6, 6.07) is 0. The van der Waals surface area contributed by atoms with Crippen LogP contribution in [0, 0.1) is 5.41 Å². The number of piperidine rings is 1. The molecule has 1 aromatic rings. The number of aromatic nitrogens is 2. The minimum Gasteiger partial charge on any atom is -0.335 e. The normalized spacial score (nSPS) is 22.9. The lowest BCUT2D eigenvalue weighted by Crippen LogP contribution is -2.46. The van der Waals surface area contributed by atoms with Gasteiger partial charge in [0.25, 0.3) is 0 Å². The molecule has 1 unspecified atom stereocenters. The van der Waals surface area contributed by atoms with Crippen molar-refractivity contribution in [2.24, 2.45) is 5.41 Å². The van der Waals surface area contributed by atoms with E-state index in [1.807, 2.05) is 12.4 Å². The van der Waals surface area contributed by atoms with E-state index in [1.165, 1.54) is 0 Å². The van der Waals surface area contributed by atoms with Crippen LogP contribution in [0.3, 0.4) is 0 Å². The molecule has 0 aromatic carbocycles. The van der Waals surface area contributed by atoms with Crippen LogP contribution < -0.4 is 5.32 Å². The SMILES string of the molecule is CCCn1ccnc1CC(=O)C1(CCC)CCCNC1. The molecule has 20 heavy (non-hydrogen) atoms. The van der Waals surface area contributed by atoms with Crippen molar-refractivity contribution in [3.63, 3.8) is 0 Å². The Morgan fingerprint density at radius 1 is 1.45 bits per heavy atom. The van der Waals surface area contributed by atoms with Gasteiger partial charge in [-0.1, -0.05) is 20.3 Å². The van der Waals surface area contributed by atoms with Gasteiger partial charge in [-0.25, -0.2) is 4.98 Å². The zero-order valence-corrected chi connectivity index (χ0v) is 12.8. The van der Waals surface area contributed by atoms with Crippen molar-refractivity contribution in [2.45, 2.75) is 58.9 Å². The first-order valence-electron chi connectivity index (χ1n) is 7.96. The maximum absolute atomic E-state index is 12.8. The Morgan fingerprint density at radius 3 is 2.95 bits per heavy atom. The van der Waals surface area contributed by atoms with Crippen LogP contribution in [-0.4, -0.2) is 28.4 Å². The van der Waals surface area contributed by atoms with Gasteiger partial charge >= 0.3 is 0 Å². The molecular weight excluding hydrogens is 250 g/mol. The van der Waals surface area contributed by atoms with Gasteiger partial charge in [-0.2, -0.15) is 0 Å². The molecule has 1 aromatic heterocycles. The minimum absolute atomic E-state index is 0.157. The quantitative estimate of drug-likeness (QED) is 0.833. The van der Waals surface area contributed by atoms with Crippen molar-refractivity contribution in [1.82, 2.24) is 14.9 Å².